The number of esters is 2. The van der Waals surface area contributed by atoms with E-state index in [0.717, 1.165) is 10.0 Å². The predicted octanol–water partition coefficient (Wildman–Crippen LogP) is 2.13. The molecule has 3 atom stereocenters. The van der Waals surface area contributed by atoms with Crippen LogP contribution in [0.2, 0.25) is 0 Å². The van der Waals surface area contributed by atoms with E-state index in [-0.39, 0.29) is 18.2 Å². The van der Waals surface area contributed by atoms with E-state index >= 15 is 0 Å². The zero-order valence-corrected chi connectivity index (χ0v) is 19.4. The van der Waals surface area contributed by atoms with Crippen LogP contribution in [0.25, 0.3) is 0 Å². The molecule has 0 saturated heterocycles. The van der Waals surface area contributed by atoms with E-state index in [1.54, 1.807) is 0 Å². The van der Waals surface area contributed by atoms with Crippen LogP contribution in [0.15, 0.2) is 28.7 Å². The first kappa shape index (κ1) is 25.6. The van der Waals surface area contributed by atoms with E-state index in [1.165, 1.54) is 21.0 Å². The second-order valence-electron chi connectivity index (χ2n) is 7.38. The molecule has 9 heteroatoms. The van der Waals surface area contributed by atoms with Crippen LogP contribution in [-0.4, -0.2) is 49.1 Å². The van der Waals surface area contributed by atoms with E-state index in [2.05, 4.69) is 26.6 Å². The molecule has 2 N–H and O–H groups in total. The molecule has 0 aromatic heterocycles. The highest BCUT2D eigenvalue weighted by Crippen LogP contribution is 2.15. The second-order valence-corrected chi connectivity index (χ2v) is 8.30. The zero-order valence-electron chi connectivity index (χ0n) is 17.9. The van der Waals surface area contributed by atoms with Gasteiger partial charge in [0.15, 0.2) is 6.10 Å². The van der Waals surface area contributed by atoms with E-state index in [9.17, 15) is 19.2 Å². The highest BCUT2D eigenvalue weighted by Gasteiger charge is 2.35. The van der Waals surface area contributed by atoms with Gasteiger partial charge in [-0.05, 0) is 36.5 Å². The van der Waals surface area contributed by atoms with Crippen molar-refractivity contribution in [1.29, 1.82) is 0 Å². The summed E-state index contributed by atoms with van der Waals surface area (Å²) in [6.07, 6.45) is -0.733. The summed E-state index contributed by atoms with van der Waals surface area (Å²) in [5.41, 5.74) is 0.827. The lowest BCUT2D eigenvalue weighted by molar-refractivity contribution is -0.158. The summed E-state index contributed by atoms with van der Waals surface area (Å²) in [6, 6.07) is 5.60. The molecule has 0 saturated carbocycles. The lowest BCUT2D eigenvalue weighted by Gasteiger charge is -2.28. The van der Waals surface area contributed by atoms with Crippen molar-refractivity contribution < 1.29 is 28.7 Å². The average molecular weight is 485 g/mol. The first-order valence-electron chi connectivity index (χ1n) is 9.60. The first-order valence-corrected chi connectivity index (χ1v) is 10.4. The summed E-state index contributed by atoms with van der Waals surface area (Å²) in [7, 11) is 1.24. The van der Waals surface area contributed by atoms with Gasteiger partial charge in [0.1, 0.15) is 6.04 Å². The van der Waals surface area contributed by atoms with Crippen LogP contribution in [0.3, 0.4) is 0 Å². The van der Waals surface area contributed by atoms with Gasteiger partial charge in [-0.25, -0.2) is 4.79 Å². The number of nitrogens with one attached hydrogen (secondary N) is 2. The highest BCUT2D eigenvalue weighted by molar-refractivity contribution is 9.10. The molecule has 2 amide bonds. The van der Waals surface area contributed by atoms with Gasteiger partial charge >= 0.3 is 11.9 Å². The van der Waals surface area contributed by atoms with Crippen LogP contribution >= 0.6 is 15.9 Å². The Hall–Kier alpha value is -2.42. The standard InChI is InChI=1S/C21H29BrN2O6/c1-12(2)10-18(21(28)29-5)24-20(27)19(30-14(4)26)17(23-13(3)25)11-15-6-8-16(22)9-7-15/h6-9,12,17-19H,10-11H2,1-5H3,(H,23,25)(H,24,27)/t17-,18+,19+/m1/s1. The van der Waals surface area contributed by atoms with Gasteiger partial charge in [0, 0.05) is 18.3 Å². The molecule has 1 aromatic rings. The maximum absolute atomic E-state index is 13.0. The van der Waals surface area contributed by atoms with Crippen molar-refractivity contribution in [2.45, 2.75) is 58.7 Å². The van der Waals surface area contributed by atoms with Gasteiger partial charge in [-0.3, -0.25) is 14.4 Å². The van der Waals surface area contributed by atoms with Crippen molar-refractivity contribution in [1.82, 2.24) is 10.6 Å². The van der Waals surface area contributed by atoms with Crippen LogP contribution in [-0.2, 0) is 35.1 Å². The van der Waals surface area contributed by atoms with Gasteiger partial charge in [0.25, 0.3) is 5.91 Å². The van der Waals surface area contributed by atoms with Crippen molar-refractivity contribution in [2.24, 2.45) is 5.92 Å². The minimum atomic E-state index is -1.32. The first-order chi connectivity index (χ1) is 14.0. The molecule has 30 heavy (non-hydrogen) atoms. The smallest absolute Gasteiger partial charge is 0.328 e. The molecule has 0 aliphatic carbocycles. The van der Waals surface area contributed by atoms with Gasteiger partial charge < -0.3 is 20.1 Å². The average Bonchev–Trinajstić information content (AvgIpc) is 2.65. The number of benzene rings is 1. The van der Waals surface area contributed by atoms with E-state index < -0.39 is 36.0 Å². The normalized spacial score (nSPS) is 13.7. The van der Waals surface area contributed by atoms with Crippen molar-refractivity contribution in [3.05, 3.63) is 34.3 Å². The lowest BCUT2D eigenvalue weighted by atomic mass is 9.99. The number of carbonyl (C=O) groups excluding carboxylic acids is 4. The fourth-order valence-corrected chi connectivity index (χ4v) is 3.21. The zero-order chi connectivity index (χ0) is 22.8. The molecule has 0 heterocycles. The predicted molar refractivity (Wildman–Crippen MR) is 114 cm³/mol. The maximum atomic E-state index is 13.0. The summed E-state index contributed by atoms with van der Waals surface area (Å²) in [4.78, 5) is 48.5. The van der Waals surface area contributed by atoms with Crippen molar-refractivity contribution >= 4 is 39.7 Å². The van der Waals surface area contributed by atoms with Gasteiger partial charge in [0.05, 0.1) is 13.2 Å². The lowest BCUT2D eigenvalue weighted by Crippen LogP contribution is -2.56. The summed E-state index contributed by atoms with van der Waals surface area (Å²) >= 11 is 3.36. The van der Waals surface area contributed by atoms with Crippen LogP contribution in [0.4, 0.5) is 0 Å². The number of halogens is 1. The SMILES string of the molecule is COC(=O)[C@H](CC(C)C)NC(=O)[C@@H](OC(C)=O)[C@@H](Cc1ccc(Br)cc1)NC(C)=O. The van der Waals surface area contributed by atoms with Gasteiger partial charge in [-0.15, -0.1) is 0 Å². The summed E-state index contributed by atoms with van der Waals surface area (Å²) in [6.45, 7) is 6.29. The molecule has 0 bridgehead atoms. The minimum Gasteiger partial charge on any atom is -0.467 e. The largest absolute Gasteiger partial charge is 0.467 e. The number of hydrogen-bond donors (Lipinski definition) is 2. The fourth-order valence-electron chi connectivity index (χ4n) is 2.95. The molecule has 0 unspecified atom stereocenters. The molecule has 166 valence electrons. The number of ether oxygens (including phenoxy) is 2. The number of rotatable bonds is 10. The molecular formula is C21H29BrN2O6. The summed E-state index contributed by atoms with van der Waals surface area (Å²) in [5, 5.41) is 5.29. The molecule has 0 aliphatic rings. The Morgan fingerprint density at radius 3 is 2.10 bits per heavy atom. The van der Waals surface area contributed by atoms with E-state index in [4.69, 9.17) is 9.47 Å². The molecule has 0 aliphatic heterocycles. The number of methoxy groups -OCH3 is 1. The fraction of sp³-hybridized carbons (Fsp3) is 0.524. The maximum Gasteiger partial charge on any atom is 0.328 e. The van der Waals surface area contributed by atoms with Crippen LogP contribution in [0, 0.1) is 5.92 Å². The van der Waals surface area contributed by atoms with E-state index in [1.807, 2.05) is 38.1 Å². The van der Waals surface area contributed by atoms with Crippen LogP contribution in [0.1, 0.15) is 39.7 Å². The monoisotopic (exact) mass is 484 g/mol. The third-order valence-corrected chi connectivity index (χ3v) is 4.71. The minimum absolute atomic E-state index is 0.107. The Kier molecular flexibility index (Phi) is 10.5. The Balaban J connectivity index is 3.16. The number of carbonyl (C=O) groups is 4. The van der Waals surface area contributed by atoms with Crippen LogP contribution in [0.5, 0.6) is 0 Å². The third-order valence-electron chi connectivity index (χ3n) is 4.18. The van der Waals surface area contributed by atoms with Gasteiger partial charge in [0.2, 0.25) is 5.91 Å². The molecule has 0 radical (unpaired) electrons. The number of hydrogen-bond acceptors (Lipinski definition) is 6. The molecule has 8 nitrogen and oxygen atoms in total. The van der Waals surface area contributed by atoms with Crippen molar-refractivity contribution in [3.63, 3.8) is 0 Å². The Bertz CT molecular complexity index is 750. The number of amides is 2. The third kappa shape index (κ3) is 8.94. The Morgan fingerprint density at radius 2 is 1.63 bits per heavy atom. The molecule has 0 spiro atoms. The topological polar surface area (TPSA) is 111 Å². The molecular weight excluding hydrogens is 456 g/mol. The quantitative estimate of drug-likeness (QED) is 0.492. The molecule has 1 aromatic carbocycles. The summed E-state index contributed by atoms with van der Waals surface area (Å²) < 4.78 is 10.9. The summed E-state index contributed by atoms with van der Waals surface area (Å²) in [5.74, 6) is -2.23. The highest BCUT2D eigenvalue weighted by atomic mass is 79.9. The van der Waals surface area contributed by atoms with Gasteiger partial charge in [-0.2, -0.15) is 0 Å². The van der Waals surface area contributed by atoms with E-state index in [0.29, 0.717) is 6.42 Å². The second kappa shape index (κ2) is 12.3. The molecule has 0 fully saturated rings. The Morgan fingerprint density at radius 1 is 1.03 bits per heavy atom. The van der Waals surface area contributed by atoms with Crippen molar-refractivity contribution in [3.8, 4) is 0 Å². The van der Waals surface area contributed by atoms with Crippen molar-refractivity contribution in [2.75, 3.05) is 7.11 Å². The van der Waals surface area contributed by atoms with Crippen LogP contribution < -0.4 is 10.6 Å². The molecule has 1 rings (SSSR count). The van der Waals surface area contributed by atoms with Gasteiger partial charge in [-0.1, -0.05) is 41.9 Å². The Labute approximate surface area is 185 Å².